The van der Waals surface area contributed by atoms with E-state index >= 15 is 0 Å². The fraction of sp³-hybridized carbons (Fsp3) is 0.167. The first-order valence-electron chi connectivity index (χ1n) is 4.84. The summed E-state index contributed by atoms with van der Waals surface area (Å²) in [6.07, 6.45) is 0. The molecule has 0 N–H and O–H groups in total. The van der Waals surface area contributed by atoms with Crippen molar-refractivity contribution in [2.45, 2.75) is 12.3 Å². The molecule has 0 radical (unpaired) electrons. The summed E-state index contributed by atoms with van der Waals surface area (Å²) >= 11 is 14.8. The minimum Gasteiger partial charge on any atom is -0.207 e. The number of aryl methyl sites for hydroxylation is 1. The van der Waals surface area contributed by atoms with E-state index in [1.54, 1.807) is 17.4 Å². The molecule has 1 atom stereocenters. The van der Waals surface area contributed by atoms with Crippen LogP contribution in [0.2, 0.25) is 0 Å². The van der Waals surface area contributed by atoms with Crippen LogP contribution in [0, 0.1) is 12.7 Å². The van der Waals surface area contributed by atoms with Gasteiger partial charge in [0, 0.05) is 9.35 Å². The predicted molar refractivity (Wildman–Crippen MR) is 78.6 cm³/mol. The summed E-state index contributed by atoms with van der Waals surface area (Å²) in [5, 5.41) is -0.321. The molecule has 0 aliphatic rings. The van der Waals surface area contributed by atoms with Gasteiger partial charge in [-0.15, -0.1) is 22.9 Å². The Hall–Kier alpha value is 0.1000. The Bertz CT molecular complexity index is 534. The summed E-state index contributed by atoms with van der Waals surface area (Å²) in [5.74, 6) is -0.258. The third-order valence-electron chi connectivity index (χ3n) is 2.43. The second kappa shape index (κ2) is 5.39. The molecular weight excluding hydrogens is 390 g/mol. The van der Waals surface area contributed by atoms with Gasteiger partial charge in [0.15, 0.2) is 0 Å². The van der Waals surface area contributed by atoms with Gasteiger partial charge in [-0.25, -0.2) is 4.39 Å². The van der Waals surface area contributed by atoms with Gasteiger partial charge in [0.05, 0.1) is 9.16 Å². The molecule has 5 heteroatoms. The normalized spacial score (nSPS) is 12.8. The molecule has 1 unspecified atom stereocenters. The fourth-order valence-electron chi connectivity index (χ4n) is 1.53. The van der Waals surface area contributed by atoms with Gasteiger partial charge in [0.25, 0.3) is 0 Å². The maximum absolute atomic E-state index is 13.2. The van der Waals surface area contributed by atoms with Crippen molar-refractivity contribution in [3.8, 4) is 0 Å². The predicted octanol–water partition coefficient (Wildman–Crippen LogP) is 6.05. The molecular formula is C12H8Br2ClFS. The van der Waals surface area contributed by atoms with Crippen LogP contribution in [0.5, 0.6) is 0 Å². The molecule has 17 heavy (non-hydrogen) atoms. The molecule has 2 aromatic rings. The average Bonchev–Trinajstić information content (AvgIpc) is 2.62. The minimum atomic E-state index is -0.321. The number of rotatable bonds is 2. The Morgan fingerprint density at radius 3 is 2.59 bits per heavy atom. The maximum atomic E-state index is 13.2. The van der Waals surface area contributed by atoms with Crippen LogP contribution in [0.3, 0.4) is 0 Å². The molecule has 0 saturated heterocycles. The van der Waals surface area contributed by atoms with E-state index in [1.807, 2.05) is 13.0 Å². The largest absolute Gasteiger partial charge is 0.207 e. The molecule has 0 saturated carbocycles. The van der Waals surface area contributed by atoms with E-state index in [2.05, 4.69) is 31.9 Å². The Balaban J connectivity index is 2.42. The fourth-order valence-corrected chi connectivity index (χ4v) is 4.04. The third kappa shape index (κ3) is 2.92. The zero-order chi connectivity index (χ0) is 12.6. The maximum Gasteiger partial charge on any atom is 0.123 e. The van der Waals surface area contributed by atoms with Crippen LogP contribution in [0.4, 0.5) is 4.39 Å². The van der Waals surface area contributed by atoms with Crippen molar-refractivity contribution in [1.29, 1.82) is 0 Å². The molecule has 0 nitrogen and oxygen atoms in total. The van der Waals surface area contributed by atoms with Crippen molar-refractivity contribution in [3.05, 3.63) is 54.3 Å². The first-order valence-corrected chi connectivity index (χ1v) is 7.68. The first kappa shape index (κ1) is 13.5. The lowest BCUT2D eigenvalue weighted by atomic mass is 10.0. The lowest BCUT2D eigenvalue weighted by molar-refractivity contribution is 0.625. The van der Waals surface area contributed by atoms with Gasteiger partial charge < -0.3 is 0 Å². The zero-order valence-corrected chi connectivity index (χ0v) is 13.6. The van der Waals surface area contributed by atoms with E-state index in [-0.39, 0.29) is 11.2 Å². The van der Waals surface area contributed by atoms with E-state index in [1.165, 1.54) is 12.1 Å². The van der Waals surface area contributed by atoms with Gasteiger partial charge in [-0.05, 0) is 68.1 Å². The van der Waals surface area contributed by atoms with Crippen LogP contribution in [-0.4, -0.2) is 0 Å². The van der Waals surface area contributed by atoms with Crippen LogP contribution in [0.1, 0.15) is 21.4 Å². The highest BCUT2D eigenvalue weighted by atomic mass is 79.9. The number of benzene rings is 1. The van der Waals surface area contributed by atoms with Crippen molar-refractivity contribution >= 4 is 54.8 Å². The summed E-state index contributed by atoms with van der Waals surface area (Å²) in [6, 6.07) is 6.64. The summed E-state index contributed by atoms with van der Waals surface area (Å²) in [6.45, 7) is 1.93. The molecule has 1 heterocycles. The van der Waals surface area contributed by atoms with Crippen LogP contribution in [0.15, 0.2) is 32.5 Å². The van der Waals surface area contributed by atoms with E-state index in [0.29, 0.717) is 0 Å². The van der Waals surface area contributed by atoms with Crippen LogP contribution < -0.4 is 0 Å². The summed E-state index contributed by atoms with van der Waals surface area (Å²) < 4.78 is 15.2. The number of halogens is 4. The van der Waals surface area contributed by atoms with Gasteiger partial charge in [-0.3, -0.25) is 0 Å². The third-order valence-corrected chi connectivity index (χ3v) is 6.35. The van der Waals surface area contributed by atoms with Gasteiger partial charge in [-0.2, -0.15) is 0 Å². The highest BCUT2D eigenvalue weighted by molar-refractivity contribution is 9.13. The number of hydrogen-bond donors (Lipinski definition) is 0. The SMILES string of the molecule is Cc1ccc(F)cc1C(Cl)c1cc(Br)c(Br)s1. The minimum absolute atomic E-state index is 0.258. The summed E-state index contributed by atoms with van der Waals surface area (Å²) in [4.78, 5) is 0.985. The highest BCUT2D eigenvalue weighted by Crippen LogP contribution is 2.41. The first-order chi connectivity index (χ1) is 7.99. The second-order valence-electron chi connectivity index (χ2n) is 3.63. The Morgan fingerprint density at radius 2 is 2.00 bits per heavy atom. The molecule has 0 aliphatic carbocycles. The van der Waals surface area contributed by atoms with Gasteiger partial charge in [-0.1, -0.05) is 6.07 Å². The van der Waals surface area contributed by atoms with Crippen LogP contribution in [-0.2, 0) is 0 Å². The lowest BCUT2D eigenvalue weighted by Crippen LogP contribution is -1.95. The monoisotopic (exact) mass is 396 g/mol. The van der Waals surface area contributed by atoms with Crippen molar-refractivity contribution in [2.24, 2.45) is 0 Å². The van der Waals surface area contributed by atoms with Crippen molar-refractivity contribution < 1.29 is 4.39 Å². The average molecular weight is 399 g/mol. The molecule has 0 aliphatic heterocycles. The molecule has 90 valence electrons. The number of thiophene rings is 1. The van der Waals surface area contributed by atoms with Gasteiger partial charge in [0.1, 0.15) is 5.82 Å². The number of hydrogen-bond acceptors (Lipinski definition) is 1. The lowest BCUT2D eigenvalue weighted by Gasteiger charge is -2.11. The molecule has 0 spiro atoms. The van der Waals surface area contributed by atoms with Crippen LogP contribution in [0.25, 0.3) is 0 Å². The quantitative estimate of drug-likeness (QED) is 0.540. The molecule has 1 aromatic heterocycles. The summed E-state index contributed by atoms with van der Waals surface area (Å²) in [7, 11) is 0. The Labute approximate surface area is 125 Å². The van der Waals surface area contributed by atoms with Gasteiger partial charge in [0.2, 0.25) is 0 Å². The zero-order valence-electron chi connectivity index (χ0n) is 8.81. The second-order valence-corrected chi connectivity index (χ2v) is 7.33. The molecule has 0 amide bonds. The van der Waals surface area contributed by atoms with E-state index in [9.17, 15) is 4.39 Å². The smallest absolute Gasteiger partial charge is 0.123 e. The van der Waals surface area contributed by atoms with Gasteiger partial charge >= 0.3 is 0 Å². The van der Waals surface area contributed by atoms with Crippen molar-refractivity contribution in [2.75, 3.05) is 0 Å². The standard InChI is InChI=1S/C12H8Br2ClFS/c1-6-2-3-7(16)4-8(6)11(15)10-5-9(13)12(14)17-10/h2-5,11H,1H3. The molecule has 0 fully saturated rings. The summed E-state index contributed by atoms with van der Waals surface area (Å²) in [5.41, 5.74) is 1.81. The highest BCUT2D eigenvalue weighted by Gasteiger charge is 2.17. The Morgan fingerprint density at radius 1 is 1.29 bits per heavy atom. The topological polar surface area (TPSA) is 0 Å². The molecule has 0 bridgehead atoms. The van der Waals surface area contributed by atoms with E-state index in [0.717, 1.165) is 24.3 Å². The van der Waals surface area contributed by atoms with Crippen LogP contribution >= 0.6 is 54.8 Å². The molecule has 1 aromatic carbocycles. The van der Waals surface area contributed by atoms with Crippen molar-refractivity contribution in [3.63, 3.8) is 0 Å². The van der Waals surface area contributed by atoms with Crippen molar-refractivity contribution in [1.82, 2.24) is 0 Å². The van der Waals surface area contributed by atoms with E-state index < -0.39 is 0 Å². The molecule has 2 rings (SSSR count). The number of alkyl halides is 1. The van der Waals surface area contributed by atoms with E-state index in [4.69, 9.17) is 11.6 Å². The Kier molecular flexibility index (Phi) is 4.29.